The van der Waals surface area contributed by atoms with Crippen LogP contribution in [0.25, 0.3) is 10.2 Å². The largest absolute Gasteiger partial charge is 0.497 e. The second-order valence-electron chi connectivity index (χ2n) is 5.29. The van der Waals surface area contributed by atoms with E-state index in [0.717, 1.165) is 10.2 Å². The van der Waals surface area contributed by atoms with Gasteiger partial charge in [-0.15, -0.1) is 0 Å². The van der Waals surface area contributed by atoms with Crippen LogP contribution in [0.5, 0.6) is 5.75 Å². The van der Waals surface area contributed by atoms with Crippen LogP contribution in [0.15, 0.2) is 47.5 Å². The van der Waals surface area contributed by atoms with Crippen LogP contribution in [0, 0.1) is 0 Å². The minimum atomic E-state index is -0.300. The third-order valence-electron chi connectivity index (χ3n) is 3.70. The number of halogens is 1. The predicted octanol–water partition coefficient (Wildman–Crippen LogP) is 3.75. The lowest BCUT2D eigenvalue weighted by Gasteiger charge is -2.04. The number of methoxy groups -OCH3 is 2. The molecule has 3 rings (SSSR count). The molecule has 0 bridgehead atoms. The number of ether oxygens (including phenoxy) is 2. The van der Waals surface area contributed by atoms with E-state index in [1.54, 1.807) is 38.5 Å². The van der Waals surface area contributed by atoms with Crippen molar-refractivity contribution in [1.29, 1.82) is 0 Å². The molecule has 1 aromatic heterocycles. The van der Waals surface area contributed by atoms with Gasteiger partial charge in [-0.1, -0.05) is 22.9 Å². The zero-order valence-corrected chi connectivity index (χ0v) is 15.4. The monoisotopic (exact) mass is 376 g/mol. The van der Waals surface area contributed by atoms with E-state index >= 15 is 0 Å². The SMILES string of the molecule is COCCn1c(=NC(=O)c2ccc(OC)cc2)sc2cc(Cl)ccc21. The van der Waals surface area contributed by atoms with Crippen LogP contribution >= 0.6 is 22.9 Å². The maximum absolute atomic E-state index is 12.5. The molecule has 0 saturated carbocycles. The van der Waals surface area contributed by atoms with Crippen molar-refractivity contribution in [3.05, 3.63) is 57.9 Å². The fourth-order valence-corrected chi connectivity index (χ4v) is 3.75. The first-order chi connectivity index (χ1) is 12.1. The maximum atomic E-state index is 12.5. The Kier molecular flexibility index (Phi) is 5.53. The molecule has 2 aromatic carbocycles. The van der Waals surface area contributed by atoms with Crippen LogP contribution < -0.4 is 9.54 Å². The standard InChI is InChI=1S/C18H17ClN2O3S/c1-23-10-9-21-15-8-5-13(19)11-16(15)25-18(21)20-17(22)12-3-6-14(24-2)7-4-12/h3-8,11H,9-10H2,1-2H3. The van der Waals surface area contributed by atoms with Gasteiger partial charge in [0, 0.05) is 24.2 Å². The quantitative estimate of drug-likeness (QED) is 0.681. The van der Waals surface area contributed by atoms with Gasteiger partial charge in [0.2, 0.25) is 0 Å². The molecule has 0 unspecified atom stereocenters. The molecule has 0 saturated heterocycles. The summed E-state index contributed by atoms with van der Waals surface area (Å²) in [6.07, 6.45) is 0. The van der Waals surface area contributed by atoms with Crippen LogP contribution in [0.2, 0.25) is 5.02 Å². The summed E-state index contributed by atoms with van der Waals surface area (Å²) in [5, 5.41) is 0.653. The summed E-state index contributed by atoms with van der Waals surface area (Å²) in [4.78, 5) is 17.4. The van der Waals surface area contributed by atoms with Gasteiger partial charge in [-0.25, -0.2) is 0 Å². The number of carbonyl (C=O) groups excluding carboxylic acids is 1. The lowest BCUT2D eigenvalue weighted by molar-refractivity contribution is 0.0997. The number of amides is 1. The number of nitrogens with zero attached hydrogens (tertiary/aromatic N) is 2. The van der Waals surface area contributed by atoms with Crippen molar-refractivity contribution >= 4 is 39.1 Å². The molecular weight excluding hydrogens is 360 g/mol. The number of benzene rings is 2. The van der Waals surface area contributed by atoms with Gasteiger partial charge >= 0.3 is 0 Å². The van der Waals surface area contributed by atoms with Crippen molar-refractivity contribution in [2.45, 2.75) is 6.54 Å². The van der Waals surface area contributed by atoms with Gasteiger partial charge < -0.3 is 14.0 Å². The van der Waals surface area contributed by atoms with E-state index in [1.165, 1.54) is 11.3 Å². The molecular formula is C18H17ClN2O3S. The summed E-state index contributed by atoms with van der Waals surface area (Å²) < 4.78 is 13.2. The van der Waals surface area contributed by atoms with E-state index in [1.807, 2.05) is 22.8 Å². The van der Waals surface area contributed by atoms with E-state index in [2.05, 4.69) is 4.99 Å². The molecule has 0 aliphatic carbocycles. The van der Waals surface area contributed by atoms with Gasteiger partial charge in [0.15, 0.2) is 4.80 Å². The smallest absolute Gasteiger partial charge is 0.279 e. The molecule has 5 nitrogen and oxygen atoms in total. The fourth-order valence-electron chi connectivity index (χ4n) is 2.42. The molecule has 0 radical (unpaired) electrons. The zero-order chi connectivity index (χ0) is 17.8. The highest BCUT2D eigenvalue weighted by Crippen LogP contribution is 2.22. The minimum absolute atomic E-state index is 0.300. The van der Waals surface area contributed by atoms with E-state index in [-0.39, 0.29) is 5.91 Å². The van der Waals surface area contributed by atoms with Crippen LogP contribution in [-0.4, -0.2) is 31.3 Å². The van der Waals surface area contributed by atoms with Gasteiger partial charge in [-0.2, -0.15) is 4.99 Å². The molecule has 1 heterocycles. The van der Waals surface area contributed by atoms with Crippen molar-refractivity contribution in [3.8, 4) is 5.75 Å². The molecule has 0 spiro atoms. The van der Waals surface area contributed by atoms with Gasteiger partial charge in [-0.3, -0.25) is 4.79 Å². The average Bonchev–Trinajstić information content (AvgIpc) is 2.95. The summed E-state index contributed by atoms with van der Waals surface area (Å²) in [5.41, 5.74) is 1.49. The topological polar surface area (TPSA) is 52.8 Å². The van der Waals surface area contributed by atoms with E-state index < -0.39 is 0 Å². The van der Waals surface area contributed by atoms with Gasteiger partial charge in [0.05, 0.1) is 23.9 Å². The van der Waals surface area contributed by atoms with Gasteiger partial charge in [-0.05, 0) is 42.5 Å². The number of carbonyl (C=O) groups is 1. The second-order valence-corrected chi connectivity index (χ2v) is 6.73. The third kappa shape index (κ3) is 3.92. The first-order valence-electron chi connectivity index (χ1n) is 7.63. The van der Waals surface area contributed by atoms with Crippen molar-refractivity contribution in [1.82, 2.24) is 4.57 Å². The minimum Gasteiger partial charge on any atom is -0.497 e. The summed E-state index contributed by atoms with van der Waals surface area (Å²) in [5.74, 6) is 0.398. The van der Waals surface area contributed by atoms with Crippen LogP contribution in [0.4, 0.5) is 0 Å². The number of thiazole rings is 1. The van der Waals surface area contributed by atoms with Gasteiger partial charge in [0.25, 0.3) is 5.91 Å². The lowest BCUT2D eigenvalue weighted by Crippen LogP contribution is -2.19. The third-order valence-corrected chi connectivity index (χ3v) is 4.97. The van der Waals surface area contributed by atoms with E-state index in [0.29, 0.717) is 34.3 Å². The number of aromatic nitrogens is 1. The molecule has 130 valence electrons. The van der Waals surface area contributed by atoms with Crippen molar-refractivity contribution in [3.63, 3.8) is 0 Å². The number of fused-ring (bicyclic) bond motifs is 1. The Balaban J connectivity index is 2.05. The first-order valence-corrected chi connectivity index (χ1v) is 8.83. The molecule has 0 aliphatic heterocycles. The second kappa shape index (κ2) is 7.82. The Morgan fingerprint density at radius 3 is 2.64 bits per heavy atom. The molecule has 0 fully saturated rings. The van der Waals surface area contributed by atoms with Crippen molar-refractivity contribution < 1.29 is 14.3 Å². The lowest BCUT2D eigenvalue weighted by atomic mass is 10.2. The molecule has 1 amide bonds. The molecule has 7 heteroatoms. The molecule has 0 N–H and O–H groups in total. The normalized spacial score (nSPS) is 11.9. The summed E-state index contributed by atoms with van der Waals surface area (Å²) in [6.45, 7) is 1.13. The average molecular weight is 377 g/mol. The molecule has 25 heavy (non-hydrogen) atoms. The maximum Gasteiger partial charge on any atom is 0.279 e. The van der Waals surface area contributed by atoms with Crippen LogP contribution in [0.3, 0.4) is 0 Å². The Bertz CT molecular complexity index is 961. The Hall–Kier alpha value is -2.15. The molecule has 3 aromatic rings. The summed E-state index contributed by atoms with van der Waals surface area (Å²) >= 11 is 7.51. The first kappa shape index (κ1) is 17.7. The molecule has 0 atom stereocenters. The van der Waals surface area contributed by atoms with Crippen LogP contribution in [-0.2, 0) is 11.3 Å². The Labute approximate surface area is 154 Å². The highest BCUT2D eigenvalue weighted by atomic mass is 35.5. The van der Waals surface area contributed by atoms with Gasteiger partial charge in [0.1, 0.15) is 5.75 Å². The summed E-state index contributed by atoms with van der Waals surface area (Å²) in [6, 6.07) is 12.5. The van der Waals surface area contributed by atoms with E-state index in [9.17, 15) is 4.79 Å². The van der Waals surface area contributed by atoms with Crippen molar-refractivity contribution in [2.24, 2.45) is 4.99 Å². The Morgan fingerprint density at radius 2 is 1.96 bits per heavy atom. The zero-order valence-electron chi connectivity index (χ0n) is 13.9. The van der Waals surface area contributed by atoms with E-state index in [4.69, 9.17) is 21.1 Å². The highest BCUT2D eigenvalue weighted by molar-refractivity contribution is 7.16. The number of hydrogen-bond acceptors (Lipinski definition) is 4. The Morgan fingerprint density at radius 1 is 1.20 bits per heavy atom. The van der Waals surface area contributed by atoms with Crippen molar-refractivity contribution in [2.75, 3.05) is 20.8 Å². The number of rotatable bonds is 5. The highest BCUT2D eigenvalue weighted by Gasteiger charge is 2.10. The fraction of sp³-hybridized carbons (Fsp3) is 0.222. The number of hydrogen-bond donors (Lipinski definition) is 0. The summed E-state index contributed by atoms with van der Waals surface area (Å²) in [7, 11) is 3.23. The van der Waals surface area contributed by atoms with Crippen LogP contribution in [0.1, 0.15) is 10.4 Å². The molecule has 0 aliphatic rings. The predicted molar refractivity (Wildman–Crippen MR) is 99.6 cm³/mol.